The van der Waals surface area contributed by atoms with E-state index in [4.69, 9.17) is 0 Å². The molecule has 2 aromatic heterocycles. The van der Waals surface area contributed by atoms with Gasteiger partial charge < -0.3 is 0 Å². The van der Waals surface area contributed by atoms with Gasteiger partial charge in [0.05, 0.1) is 17.1 Å². The van der Waals surface area contributed by atoms with E-state index < -0.39 is 0 Å². The SMILES string of the molecule is C=Cc1cc(-c2ccc(N=CCCC)c(C)c2)n(-c2cccc(C)n2)n1. The van der Waals surface area contributed by atoms with Gasteiger partial charge >= 0.3 is 0 Å². The topological polar surface area (TPSA) is 43.1 Å². The lowest BCUT2D eigenvalue weighted by atomic mass is 10.1. The molecule has 132 valence electrons. The van der Waals surface area contributed by atoms with E-state index in [9.17, 15) is 0 Å². The number of pyridine rings is 1. The Balaban J connectivity index is 2.05. The predicted molar refractivity (Wildman–Crippen MR) is 109 cm³/mol. The molecule has 0 aliphatic rings. The molecule has 4 nitrogen and oxygen atoms in total. The average molecular weight is 344 g/mol. The number of aryl methyl sites for hydroxylation is 2. The molecule has 0 aliphatic carbocycles. The molecule has 0 saturated carbocycles. The normalized spacial score (nSPS) is 11.2. The minimum Gasteiger partial charge on any atom is -0.261 e. The number of nitrogens with zero attached hydrogens (tertiary/aromatic N) is 4. The first-order valence-electron chi connectivity index (χ1n) is 8.92. The Bertz CT molecular complexity index is 951. The molecule has 0 radical (unpaired) electrons. The summed E-state index contributed by atoms with van der Waals surface area (Å²) >= 11 is 0. The Labute approximate surface area is 154 Å². The Hall–Kier alpha value is -3.01. The van der Waals surface area contributed by atoms with Crippen LogP contribution in [0.25, 0.3) is 23.2 Å². The Morgan fingerprint density at radius 2 is 2.00 bits per heavy atom. The van der Waals surface area contributed by atoms with Crippen LogP contribution in [0, 0.1) is 13.8 Å². The molecule has 0 spiro atoms. The largest absolute Gasteiger partial charge is 0.261 e. The highest BCUT2D eigenvalue weighted by atomic mass is 15.3. The fraction of sp³-hybridized carbons (Fsp3) is 0.227. The lowest BCUT2D eigenvalue weighted by Gasteiger charge is -2.09. The zero-order valence-corrected chi connectivity index (χ0v) is 15.6. The summed E-state index contributed by atoms with van der Waals surface area (Å²) in [5, 5.41) is 4.64. The second kappa shape index (κ2) is 7.91. The van der Waals surface area contributed by atoms with Crippen molar-refractivity contribution in [3.63, 3.8) is 0 Å². The van der Waals surface area contributed by atoms with Crippen molar-refractivity contribution >= 4 is 18.0 Å². The molecule has 0 aliphatic heterocycles. The van der Waals surface area contributed by atoms with Crippen molar-refractivity contribution in [1.82, 2.24) is 14.8 Å². The van der Waals surface area contributed by atoms with Crippen molar-refractivity contribution in [2.24, 2.45) is 4.99 Å². The third kappa shape index (κ3) is 3.80. The first-order valence-corrected chi connectivity index (χ1v) is 8.92. The summed E-state index contributed by atoms with van der Waals surface area (Å²) < 4.78 is 1.87. The number of hydrogen-bond acceptors (Lipinski definition) is 3. The minimum atomic E-state index is 0.802. The molecule has 0 N–H and O–H groups in total. The quantitative estimate of drug-likeness (QED) is 0.539. The summed E-state index contributed by atoms with van der Waals surface area (Å²) in [4.78, 5) is 9.18. The molecule has 0 fully saturated rings. The van der Waals surface area contributed by atoms with Gasteiger partial charge in [-0.3, -0.25) is 4.99 Å². The molecule has 1 aromatic carbocycles. The standard InChI is InChI=1S/C22H24N4/c1-5-7-13-23-20-12-11-18(14-16(20)3)21-15-19(6-2)25-26(21)22-10-8-9-17(4)24-22/h6,8-15H,2,5,7H2,1,3-4H3. The summed E-state index contributed by atoms with van der Waals surface area (Å²) in [5.74, 6) is 0.802. The van der Waals surface area contributed by atoms with Gasteiger partial charge in [0.15, 0.2) is 5.82 Å². The van der Waals surface area contributed by atoms with Gasteiger partial charge in [0.2, 0.25) is 0 Å². The lowest BCUT2D eigenvalue weighted by molar-refractivity contribution is 0.844. The monoisotopic (exact) mass is 344 g/mol. The zero-order valence-electron chi connectivity index (χ0n) is 15.6. The van der Waals surface area contributed by atoms with Crippen LogP contribution in [0.4, 0.5) is 5.69 Å². The molecule has 3 aromatic rings. The number of unbranched alkanes of at least 4 members (excludes halogenated alkanes) is 1. The van der Waals surface area contributed by atoms with Gasteiger partial charge in [-0.2, -0.15) is 5.10 Å². The maximum atomic E-state index is 4.64. The van der Waals surface area contributed by atoms with Gasteiger partial charge in [0.1, 0.15) is 0 Å². The molecule has 0 unspecified atom stereocenters. The molecule has 3 rings (SSSR count). The number of hydrogen-bond donors (Lipinski definition) is 0. The van der Waals surface area contributed by atoms with Gasteiger partial charge in [0, 0.05) is 17.5 Å². The predicted octanol–water partition coefficient (Wildman–Crippen LogP) is 5.70. The van der Waals surface area contributed by atoms with Crippen molar-refractivity contribution in [2.75, 3.05) is 0 Å². The van der Waals surface area contributed by atoms with Crippen LogP contribution in [0.1, 0.15) is 36.7 Å². The van der Waals surface area contributed by atoms with E-state index in [1.165, 1.54) is 0 Å². The third-order valence-corrected chi connectivity index (χ3v) is 4.17. The summed E-state index contributed by atoms with van der Waals surface area (Å²) in [6.45, 7) is 10.1. The number of aromatic nitrogens is 3. The maximum Gasteiger partial charge on any atom is 0.154 e. The van der Waals surface area contributed by atoms with Crippen molar-refractivity contribution in [1.29, 1.82) is 0 Å². The first kappa shape index (κ1) is 17.8. The van der Waals surface area contributed by atoms with Crippen LogP contribution < -0.4 is 0 Å². The van der Waals surface area contributed by atoms with Crippen LogP contribution in [-0.2, 0) is 0 Å². The Morgan fingerprint density at radius 3 is 2.69 bits per heavy atom. The second-order valence-corrected chi connectivity index (χ2v) is 6.31. The van der Waals surface area contributed by atoms with Crippen molar-refractivity contribution in [2.45, 2.75) is 33.6 Å². The van der Waals surface area contributed by atoms with Crippen molar-refractivity contribution < 1.29 is 0 Å². The van der Waals surface area contributed by atoms with E-state index in [2.05, 4.69) is 53.7 Å². The van der Waals surface area contributed by atoms with E-state index >= 15 is 0 Å². The van der Waals surface area contributed by atoms with Crippen LogP contribution >= 0.6 is 0 Å². The van der Waals surface area contributed by atoms with E-state index in [1.54, 1.807) is 6.08 Å². The summed E-state index contributed by atoms with van der Waals surface area (Å²) in [6, 6.07) is 14.3. The van der Waals surface area contributed by atoms with Crippen molar-refractivity contribution in [3.8, 4) is 17.1 Å². The van der Waals surface area contributed by atoms with Crippen LogP contribution in [0.2, 0.25) is 0 Å². The minimum absolute atomic E-state index is 0.802. The fourth-order valence-corrected chi connectivity index (χ4v) is 2.78. The average Bonchev–Trinajstić information content (AvgIpc) is 3.08. The van der Waals surface area contributed by atoms with Crippen LogP contribution in [0.15, 0.2) is 54.0 Å². The number of rotatable bonds is 6. The lowest BCUT2D eigenvalue weighted by Crippen LogP contribution is -2.02. The van der Waals surface area contributed by atoms with E-state index in [-0.39, 0.29) is 0 Å². The molecular formula is C22H24N4. The molecule has 0 saturated heterocycles. The van der Waals surface area contributed by atoms with Crippen LogP contribution in [0.3, 0.4) is 0 Å². The smallest absolute Gasteiger partial charge is 0.154 e. The first-order chi connectivity index (χ1) is 12.6. The van der Waals surface area contributed by atoms with Crippen molar-refractivity contribution in [3.05, 3.63) is 66.0 Å². The molecule has 2 heterocycles. The number of benzene rings is 1. The highest BCUT2D eigenvalue weighted by Crippen LogP contribution is 2.28. The van der Waals surface area contributed by atoms with Gasteiger partial charge in [0.25, 0.3) is 0 Å². The summed E-state index contributed by atoms with van der Waals surface area (Å²) in [5.41, 5.74) is 6.00. The molecular weight excluding hydrogens is 320 g/mol. The maximum absolute atomic E-state index is 4.64. The number of aliphatic imine (C=N–C) groups is 1. The molecule has 26 heavy (non-hydrogen) atoms. The van der Waals surface area contributed by atoms with Crippen LogP contribution in [-0.4, -0.2) is 21.0 Å². The van der Waals surface area contributed by atoms with Gasteiger partial charge in [-0.15, -0.1) is 0 Å². The van der Waals surface area contributed by atoms with Crippen LogP contribution in [0.5, 0.6) is 0 Å². The van der Waals surface area contributed by atoms with E-state index in [0.29, 0.717) is 0 Å². The molecule has 0 bridgehead atoms. The Kier molecular flexibility index (Phi) is 5.42. The molecule has 0 atom stereocenters. The third-order valence-electron chi connectivity index (χ3n) is 4.17. The van der Waals surface area contributed by atoms with E-state index in [0.717, 1.165) is 52.6 Å². The molecule has 4 heteroatoms. The van der Waals surface area contributed by atoms with E-state index in [1.807, 2.05) is 42.1 Å². The van der Waals surface area contributed by atoms with Gasteiger partial charge in [-0.25, -0.2) is 9.67 Å². The highest BCUT2D eigenvalue weighted by Gasteiger charge is 2.12. The van der Waals surface area contributed by atoms with Gasteiger partial charge in [-0.05, 0) is 62.2 Å². The summed E-state index contributed by atoms with van der Waals surface area (Å²) in [7, 11) is 0. The zero-order chi connectivity index (χ0) is 18.5. The summed E-state index contributed by atoms with van der Waals surface area (Å²) in [6.07, 6.45) is 5.84. The fourth-order valence-electron chi connectivity index (χ4n) is 2.78. The highest BCUT2D eigenvalue weighted by molar-refractivity contribution is 5.71. The Morgan fingerprint density at radius 1 is 1.15 bits per heavy atom. The van der Waals surface area contributed by atoms with Gasteiger partial charge in [-0.1, -0.05) is 32.1 Å². The second-order valence-electron chi connectivity index (χ2n) is 6.31. The molecule has 0 amide bonds.